The molecule has 0 radical (unpaired) electrons. The third-order valence-corrected chi connectivity index (χ3v) is 4.19. The van der Waals surface area contributed by atoms with Crippen LogP contribution in [0.5, 0.6) is 5.75 Å². The number of aryl methyl sites for hydroxylation is 1. The van der Waals surface area contributed by atoms with Gasteiger partial charge >= 0.3 is 0 Å². The van der Waals surface area contributed by atoms with Crippen LogP contribution in [0.2, 0.25) is 0 Å². The predicted octanol–water partition coefficient (Wildman–Crippen LogP) is 3.91. The Balaban J connectivity index is 1.64. The summed E-state index contributed by atoms with van der Waals surface area (Å²) in [5.74, 6) is 0.331. The fraction of sp³-hybridized carbons (Fsp3) is 0.136. The minimum absolute atomic E-state index is 0.144. The first-order valence-corrected chi connectivity index (χ1v) is 8.89. The van der Waals surface area contributed by atoms with Crippen LogP contribution in [0.15, 0.2) is 73.1 Å². The summed E-state index contributed by atoms with van der Waals surface area (Å²) in [5.41, 5.74) is 2.49. The van der Waals surface area contributed by atoms with Crippen molar-refractivity contribution >= 4 is 23.2 Å². The SMILES string of the molecule is COc1ccccc1CCC(=O)Nc1ccccc1NC(=O)c1cccnc1. The van der Waals surface area contributed by atoms with Crippen LogP contribution < -0.4 is 15.4 Å². The van der Waals surface area contributed by atoms with E-state index in [1.807, 2.05) is 24.3 Å². The molecule has 0 aliphatic carbocycles. The van der Waals surface area contributed by atoms with Crippen molar-refractivity contribution in [1.82, 2.24) is 4.98 Å². The molecule has 0 spiro atoms. The Labute approximate surface area is 163 Å². The number of pyridine rings is 1. The average Bonchev–Trinajstić information content (AvgIpc) is 2.74. The molecular weight excluding hydrogens is 354 g/mol. The van der Waals surface area contributed by atoms with Gasteiger partial charge in [0.2, 0.25) is 5.91 Å². The molecule has 0 bridgehead atoms. The van der Waals surface area contributed by atoms with E-state index < -0.39 is 0 Å². The summed E-state index contributed by atoms with van der Waals surface area (Å²) in [5, 5.41) is 5.68. The van der Waals surface area contributed by atoms with Crippen LogP contribution in [0.25, 0.3) is 0 Å². The van der Waals surface area contributed by atoms with Crippen molar-refractivity contribution in [2.45, 2.75) is 12.8 Å². The Bertz CT molecular complexity index is 958. The van der Waals surface area contributed by atoms with E-state index in [9.17, 15) is 9.59 Å². The fourth-order valence-electron chi connectivity index (χ4n) is 2.76. The van der Waals surface area contributed by atoms with Gasteiger partial charge in [0.05, 0.1) is 24.0 Å². The molecule has 0 atom stereocenters. The van der Waals surface area contributed by atoms with E-state index in [1.165, 1.54) is 6.20 Å². The van der Waals surface area contributed by atoms with Gasteiger partial charge in [0, 0.05) is 18.8 Å². The first-order chi connectivity index (χ1) is 13.7. The van der Waals surface area contributed by atoms with Gasteiger partial charge in [-0.05, 0) is 42.3 Å². The third-order valence-electron chi connectivity index (χ3n) is 4.19. The van der Waals surface area contributed by atoms with Crippen molar-refractivity contribution in [3.63, 3.8) is 0 Å². The van der Waals surface area contributed by atoms with Gasteiger partial charge in [-0.25, -0.2) is 0 Å². The number of hydrogen-bond donors (Lipinski definition) is 2. The number of para-hydroxylation sites is 3. The molecule has 0 aliphatic heterocycles. The van der Waals surface area contributed by atoms with E-state index in [1.54, 1.807) is 49.7 Å². The summed E-state index contributed by atoms with van der Waals surface area (Å²) in [6.07, 6.45) is 3.95. The van der Waals surface area contributed by atoms with Gasteiger partial charge < -0.3 is 15.4 Å². The van der Waals surface area contributed by atoms with E-state index in [2.05, 4.69) is 15.6 Å². The van der Waals surface area contributed by atoms with E-state index in [0.29, 0.717) is 29.8 Å². The van der Waals surface area contributed by atoms with E-state index in [4.69, 9.17) is 4.74 Å². The highest BCUT2D eigenvalue weighted by Crippen LogP contribution is 2.23. The zero-order valence-electron chi connectivity index (χ0n) is 15.5. The Kier molecular flexibility index (Phi) is 6.36. The smallest absolute Gasteiger partial charge is 0.257 e. The van der Waals surface area contributed by atoms with Crippen LogP contribution in [-0.2, 0) is 11.2 Å². The van der Waals surface area contributed by atoms with Crippen LogP contribution in [0.4, 0.5) is 11.4 Å². The number of benzene rings is 2. The molecule has 0 saturated carbocycles. The van der Waals surface area contributed by atoms with Crippen LogP contribution in [-0.4, -0.2) is 23.9 Å². The Hall–Kier alpha value is -3.67. The molecule has 1 aromatic heterocycles. The monoisotopic (exact) mass is 375 g/mol. The molecule has 6 heteroatoms. The summed E-state index contributed by atoms with van der Waals surface area (Å²) < 4.78 is 5.32. The molecular formula is C22H21N3O3. The van der Waals surface area contributed by atoms with Crippen molar-refractivity contribution in [2.75, 3.05) is 17.7 Å². The molecule has 3 aromatic rings. The Morgan fingerprint density at radius 3 is 2.36 bits per heavy atom. The highest BCUT2D eigenvalue weighted by atomic mass is 16.5. The molecule has 0 fully saturated rings. The maximum Gasteiger partial charge on any atom is 0.257 e. The van der Waals surface area contributed by atoms with Gasteiger partial charge in [0.15, 0.2) is 0 Å². The first kappa shape index (κ1) is 19.1. The summed E-state index contributed by atoms with van der Waals surface area (Å²) in [4.78, 5) is 28.7. The van der Waals surface area contributed by atoms with E-state index >= 15 is 0 Å². The highest BCUT2D eigenvalue weighted by molar-refractivity contribution is 6.07. The Morgan fingerprint density at radius 2 is 1.64 bits per heavy atom. The molecule has 6 nitrogen and oxygen atoms in total. The van der Waals surface area contributed by atoms with E-state index in [0.717, 1.165) is 11.3 Å². The van der Waals surface area contributed by atoms with Crippen molar-refractivity contribution < 1.29 is 14.3 Å². The summed E-state index contributed by atoms with van der Waals surface area (Å²) >= 11 is 0. The minimum atomic E-state index is -0.288. The molecule has 0 saturated heterocycles. The van der Waals surface area contributed by atoms with E-state index in [-0.39, 0.29) is 11.8 Å². The Morgan fingerprint density at radius 1 is 0.929 bits per heavy atom. The molecule has 1 heterocycles. The molecule has 2 N–H and O–H groups in total. The number of ether oxygens (including phenoxy) is 1. The molecule has 2 aromatic carbocycles. The second-order valence-electron chi connectivity index (χ2n) is 6.10. The lowest BCUT2D eigenvalue weighted by Crippen LogP contribution is -2.17. The number of carbonyl (C=O) groups excluding carboxylic acids is 2. The number of methoxy groups -OCH3 is 1. The van der Waals surface area contributed by atoms with Gasteiger partial charge in [-0.2, -0.15) is 0 Å². The molecule has 0 aliphatic rings. The zero-order valence-corrected chi connectivity index (χ0v) is 15.5. The number of anilines is 2. The minimum Gasteiger partial charge on any atom is -0.496 e. The first-order valence-electron chi connectivity index (χ1n) is 8.89. The quantitative estimate of drug-likeness (QED) is 0.656. The number of hydrogen-bond acceptors (Lipinski definition) is 4. The lowest BCUT2D eigenvalue weighted by molar-refractivity contribution is -0.116. The second-order valence-corrected chi connectivity index (χ2v) is 6.10. The molecule has 28 heavy (non-hydrogen) atoms. The van der Waals surface area contributed by atoms with Crippen molar-refractivity contribution in [3.05, 3.63) is 84.2 Å². The zero-order chi connectivity index (χ0) is 19.8. The fourth-order valence-corrected chi connectivity index (χ4v) is 2.76. The maximum atomic E-state index is 12.4. The molecule has 3 rings (SSSR count). The normalized spacial score (nSPS) is 10.2. The van der Waals surface area contributed by atoms with Gasteiger partial charge in [0.25, 0.3) is 5.91 Å². The van der Waals surface area contributed by atoms with Gasteiger partial charge in [-0.1, -0.05) is 30.3 Å². The van der Waals surface area contributed by atoms with Gasteiger partial charge in [0.1, 0.15) is 5.75 Å². The van der Waals surface area contributed by atoms with Crippen molar-refractivity contribution in [2.24, 2.45) is 0 Å². The average molecular weight is 375 g/mol. The number of nitrogens with zero attached hydrogens (tertiary/aromatic N) is 1. The van der Waals surface area contributed by atoms with Crippen LogP contribution in [0, 0.1) is 0 Å². The predicted molar refractivity (Wildman–Crippen MR) is 109 cm³/mol. The molecule has 0 unspecified atom stereocenters. The van der Waals surface area contributed by atoms with Crippen LogP contribution >= 0.6 is 0 Å². The van der Waals surface area contributed by atoms with Crippen molar-refractivity contribution in [1.29, 1.82) is 0 Å². The van der Waals surface area contributed by atoms with Crippen LogP contribution in [0.1, 0.15) is 22.3 Å². The summed E-state index contributed by atoms with van der Waals surface area (Å²) in [6, 6.07) is 18.1. The van der Waals surface area contributed by atoms with Gasteiger partial charge in [-0.15, -0.1) is 0 Å². The summed E-state index contributed by atoms with van der Waals surface area (Å²) in [7, 11) is 1.61. The number of rotatable bonds is 7. The number of aromatic nitrogens is 1. The number of amides is 2. The maximum absolute atomic E-state index is 12.4. The standard InChI is InChI=1S/C22H21N3O3/c1-28-20-11-5-2-7-16(20)12-13-21(26)24-18-9-3-4-10-19(18)25-22(27)17-8-6-14-23-15-17/h2-11,14-15H,12-13H2,1H3,(H,24,26)(H,25,27). The molecule has 2 amide bonds. The lowest BCUT2D eigenvalue weighted by atomic mass is 10.1. The van der Waals surface area contributed by atoms with Crippen molar-refractivity contribution in [3.8, 4) is 5.75 Å². The topological polar surface area (TPSA) is 80.3 Å². The number of carbonyl (C=O) groups is 2. The second kappa shape index (κ2) is 9.32. The largest absolute Gasteiger partial charge is 0.496 e. The summed E-state index contributed by atoms with van der Waals surface area (Å²) in [6.45, 7) is 0. The van der Waals surface area contributed by atoms with Crippen LogP contribution in [0.3, 0.4) is 0 Å². The number of nitrogens with one attached hydrogen (secondary N) is 2. The lowest BCUT2D eigenvalue weighted by Gasteiger charge is -2.13. The van der Waals surface area contributed by atoms with Gasteiger partial charge in [-0.3, -0.25) is 14.6 Å². The third kappa shape index (κ3) is 4.94. The highest BCUT2D eigenvalue weighted by Gasteiger charge is 2.12. The molecule has 142 valence electrons.